The molecule has 0 amide bonds. The van der Waals surface area contributed by atoms with E-state index in [9.17, 15) is 4.79 Å². The van der Waals surface area contributed by atoms with Crippen molar-refractivity contribution in [2.24, 2.45) is 11.5 Å². The lowest BCUT2D eigenvalue weighted by Crippen LogP contribution is -2.13. The molecule has 115 valence electrons. The molecule has 0 heterocycles. The van der Waals surface area contributed by atoms with Crippen molar-refractivity contribution in [3.8, 4) is 11.1 Å². The number of carbonyl (C=O) groups is 1. The maximum absolute atomic E-state index is 11.7. The van der Waals surface area contributed by atoms with Crippen LogP contribution in [0.15, 0.2) is 60.7 Å². The third kappa shape index (κ3) is 3.31. The molecule has 0 atom stereocenters. The molecule has 3 aromatic carbocycles. The van der Waals surface area contributed by atoms with Crippen LogP contribution in [0.5, 0.6) is 0 Å². The first-order valence-corrected chi connectivity index (χ1v) is 7.62. The summed E-state index contributed by atoms with van der Waals surface area (Å²) in [5, 5.41) is 2.15. The molecule has 0 unspecified atom stereocenters. The van der Waals surface area contributed by atoms with Gasteiger partial charge in [0.25, 0.3) is 0 Å². The standard InChI is InChI=1S/C20H19N2O/c21-10-9-14-1-3-15(4-2-14)16-5-6-18-12-19(20(23)13-22)8-7-17(18)11-16/h1-9,11-12H,10,13,21-22H2. The molecule has 3 heteroatoms. The summed E-state index contributed by atoms with van der Waals surface area (Å²) >= 11 is 0. The van der Waals surface area contributed by atoms with Crippen LogP contribution in [-0.4, -0.2) is 18.9 Å². The summed E-state index contributed by atoms with van der Waals surface area (Å²) in [5.41, 5.74) is 15.0. The van der Waals surface area contributed by atoms with E-state index in [4.69, 9.17) is 11.5 Å². The molecule has 0 saturated carbocycles. The number of Topliss-reactive ketones (excluding diaryl/α,β-unsaturated/α-hetero) is 1. The van der Waals surface area contributed by atoms with Crippen molar-refractivity contribution in [3.05, 3.63) is 78.2 Å². The fourth-order valence-corrected chi connectivity index (χ4v) is 2.66. The van der Waals surface area contributed by atoms with Crippen molar-refractivity contribution in [1.29, 1.82) is 0 Å². The predicted octanol–water partition coefficient (Wildman–Crippen LogP) is 3.16. The van der Waals surface area contributed by atoms with Crippen LogP contribution < -0.4 is 11.5 Å². The van der Waals surface area contributed by atoms with E-state index >= 15 is 0 Å². The molecule has 0 aromatic heterocycles. The second kappa shape index (κ2) is 6.73. The largest absolute Gasteiger partial charge is 0.330 e. The molecular formula is C20H19N2O. The van der Waals surface area contributed by atoms with Gasteiger partial charge in [0.1, 0.15) is 0 Å². The molecule has 0 saturated heterocycles. The molecule has 3 nitrogen and oxygen atoms in total. The first kappa shape index (κ1) is 15.4. The van der Waals surface area contributed by atoms with Crippen molar-refractivity contribution >= 4 is 16.6 Å². The van der Waals surface area contributed by atoms with Gasteiger partial charge in [-0.3, -0.25) is 4.79 Å². The van der Waals surface area contributed by atoms with Gasteiger partial charge in [-0.2, -0.15) is 0 Å². The number of hydrogen-bond donors (Lipinski definition) is 2. The second-order valence-corrected chi connectivity index (χ2v) is 5.47. The van der Waals surface area contributed by atoms with Crippen LogP contribution in [-0.2, 0) is 0 Å². The minimum atomic E-state index is -0.0391. The van der Waals surface area contributed by atoms with E-state index in [-0.39, 0.29) is 12.3 Å². The van der Waals surface area contributed by atoms with Crippen LogP contribution in [0.2, 0.25) is 0 Å². The Labute approximate surface area is 135 Å². The van der Waals surface area contributed by atoms with Crippen molar-refractivity contribution in [2.45, 2.75) is 0 Å². The van der Waals surface area contributed by atoms with Gasteiger partial charge < -0.3 is 11.5 Å². The molecule has 3 rings (SSSR count). The first-order valence-electron chi connectivity index (χ1n) is 7.62. The van der Waals surface area contributed by atoms with E-state index < -0.39 is 0 Å². The van der Waals surface area contributed by atoms with Gasteiger partial charge >= 0.3 is 0 Å². The molecule has 0 aliphatic heterocycles. The van der Waals surface area contributed by atoms with Crippen molar-refractivity contribution in [2.75, 3.05) is 13.1 Å². The van der Waals surface area contributed by atoms with Gasteiger partial charge in [0, 0.05) is 12.0 Å². The Balaban J connectivity index is 1.95. The molecule has 4 N–H and O–H groups in total. The average molecular weight is 303 g/mol. The molecule has 23 heavy (non-hydrogen) atoms. The lowest BCUT2D eigenvalue weighted by Gasteiger charge is -2.07. The van der Waals surface area contributed by atoms with Gasteiger partial charge in [0.15, 0.2) is 5.78 Å². The summed E-state index contributed by atoms with van der Waals surface area (Å²) < 4.78 is 0. The van der Waals surface area contributed by atoms with Gasteiger partial charge in [0.2, 0.25) is 0 Å². The van der Waals surface area contributed by atoms with Crippen LogP contribution in [0.3, 0.4) is 0 Å². The summed E-state index contributed by atoms with van der Waals surface area (Å²) in [7, 11) is 0. The third-order valence-corrected chi connectivity index (χ3v) is 3.95. The molecule has 0 aliphatic rings. The van der Waals surface area contributed by atoms with E-state index in [1.165, 1.54) is 0 Å². The van der Waals surface area contributed by atoms with E-state index in [1.54, 1.807) is 0 Å². The number of benzene rings is 3. The number of hydrogen-bond acceptors (Lipinski definition) is 3. The number of ketones is 1. The maximum atomic E-state index is 11.7. The quantitative estimate of drug-likeness (QED) is 0.711. The van der Waals surface area contributed by atoms with Gasteiger partial charge in [-0.1, -0.05) is 48.5 Å². The number of rotatable bonds is 5. The maximum Gasteiger partial charge on any atom is 0.176 e. The van der Waals surface area contributed by atoms with Crippen LogP contribution in [0, 0.1) is 6.42 Å². The molecule has 0 aliphatic carbocycles. The molecule has 0 spiro atoms. The summed E-state index contributed by atoms with van der Waals surface area (Å²) in [6.07, 6.45) is 1.99. The Kier molecular flexibility index (Phi) is 4.51. The first-order chi connectivity index (χ1) is 11.2. The Morgan fingerprint density at radius 3 is 2.17 bits per heavy atom. The lowest BCUT2D eigenvalue weighted by atomic mass is 9.98. The SMILES string of the molecule is NC[CH]c1ccc(-c2ccc3cc(C(=O)CN)ccc3c2)cc1. The van der Waals surface area contributed by atoms with Crippen molar-refractivity contribution in [3.63, 3.8) is 0 Å². The van der Waals surface area contributed by atoms with E-state index in [0.29, 0.717) is 12.1 Å². The van der Waals surface area contributed by atoms with Crippen molar-refractivity contribution in [1.82, 2.24) is 0 Å². The highest BCUT2D eigenvalue weighted by molar-refractivity contribution is 6.01. The average Bonchev–Trinajstić information content (AvgIpc) is 2.61. The zero-order valence-electron chi connectivity index (χ0n) is 12.8. The lowest BCUT2D eigenvalue weighted by molar-refractivity contribution is 0.100. The Bertz CT molecular complexity index is 838. The molecule has 3 aromatic rings. The highest BCUT2D eigenvalue weighted by atomic mass is 16.1. The topological polar surface area (TPSA) is 69.1 Å². The van der Waals surface area contributed by atoms with Crippen LogP contribution in [0.25, 0.3) is 21.9 Å². The zero-order valence-corrected chi connectivity index (χ0v) is 12.8. The molecule has 0 bridgehead atoms. The fraction of sp³-hybridized carbons (Fsp3) is 0.100. The van der Waals surface area contributed by atoms with Crippen LogP contribution in [0.4, 0.5) is 0 Å². The third-order valence-electron chi connectivity index (χ3n) is 3.95. The Morgan fingerprint density at radius 1 is 0.826 bits per heavy atom. The smallest absolute Gasteiger partial charge is 0.176 e. The van der Waals surface area contributed by atoms with Crippen LogP contribution in [0.1, 0.15) is 15.9 Å². The van der Waals surface area contributed by atoms with Gasteiger partial charge in [0.05, 0.1) is 6.54 Å². The monoisotopic (exact) mass is 303 g/mol. The Morgan fingerprint density at radius 2 is 1.48 bits per heavy atom. The van der Waals surface area contributed by atoms with Gasteiger partial charge in [-0.25, -0.2) is 0 Å². The molecule has 1 radical (unpaired) electrons. The minimum absolute atomic E-state index is 0.0375. The fourth-order valence-electron chi connectivity index (χ4n) is 2.66. The van der Waals surface area contributed by atoms with E-state index in [1.807, 2.05) is 30.7 Å². The van der Waals surface area contributed by atoms with E-state index in [0.717, 1.165) is 27.5 Å². The Hall–Kier alpha value is -2.49. The summed E-state index contributed by atoms with van der Waals surface area (Å²) in [6.45, 7) is 0.578. The number of carbonyl (C=O) groups excluding carboxylic acids is 1. The molecular weight excluding hydrogens is 284 g/mol. The highest BCUT2D eigenvalue weighted by Gasteiger charge is 2.05. The normalized spacial score (nSPS) is 10.9. The number of fused-ring (bicyclic) bond motifs is 1. The van der Waals surface area contributed by atoms with Crippen molar-refractivity contribution < 1.29 is 4.79 Å². The zero-order chi connectivity index (χ0) is 16.2. The summed E-state index contributed by atoms with van der Waals surface area (Å²) in [6, 6.07) is 20.3. The molecule has 0 fully saturated rings. The minimum Gasteiger partial charge on any atom is -0.330 e. The summed E-state index contributed by atoms with van der Waals surface area (Å²) in [4.78, 5) is 11.7. The van der Waals surface area contributed by atoms with Gasteiger partial charge in [-0.05, 0) is 46.1 Å². The van der Waals surface area contributed by atoms with Crippen LogP contribution >= 0.6 is 0 Å². The van der Waals surface area contributed by atoms with E-state index in [2.05, 4.69) is 36.4 Å². The van der Waals surface area contributed by atoms with Gasteiger partial charge in [-0.15, -0.1) is 0 Å². The second-order valence-electron chi connectivity index (χ2n) is 5.47. The predicted molar refractivity (Wildman–Crippen MR) is 95.2 cm³/mol. The summed E-state index contributed by atoms with van der Waals surface area (Å²) in [5.74, 6) is -0.0391. The highest BCUT2D eigenvalue weighted by Crippen LogP contribution is 2.25. The number of nitrogens with two attached hydrogens (primary N) is 2.